The van der Waals surface area contributed by atoms with Gasteiger partial charge in [0.25, 0.3) is 0 Å². The van der Waals surface area contributed by atoms with Gasteiger partial charge in [-0.15, -0.1) is 0 Å². The highest BCUT2D eigenvalue weighted by molar-refractivity contribution is 5.10. The van der Waals surface area contributed by atoms with Crippen molar-refractivity contribution in [3.63, 3.8) is 0 Å². The number of nitrogens with two attached hydrogens (primary N) is 1. The van der Waals surface area contributed by atoms with Gasteiger partial charge in [-0.05, 0) is 29.6 Å². The Morgan fingerprint density at radius 2 is 1.92 bits per heavy atom. The molecule has 3 rings (SSSR count). The number of fused-ring (bicyclic) bond motifs is 2. The Labute approximate surface area is 74.1 Å². The van der Waals surface area contributed by atoms with Gasteiger partial charge in [-0.3, -0.25) is 0 Å². The number of hydrogen-bond acceptors (Lipinski definition) is 2. The number of aliphatic hydroxyl groups is 1. The molecule has 0 saturated heterocycles. The highest BCUT2D eigenvalue weighted by Gasteiger charge is 2.59. The molecule has 5 atom stereocenters. The van der Waals surface area contributed by atoms with E-state index in [1.54, 1.807) is 0 Å². The predicted molar refractivity (Wildman–Crippen MR) is 48.5 cm³/mol. The van der Waals surface area contributed by atoms with Crippen LogP contribution in [-0.4, -0.2) is 17.3 Å². The summed E-state index contributed by atoms with van der Waals surface area (Å²) in [7, 11) is 0. The highest BCUT2D eigenvalue weighted by Crippen LogP contribution is 2.60. The van der Waals surface area contributed by atoms with Crippen LogP contribution < -0.4 is 5.73 Å². The quantitative estimate of drug-likeness (QED) is 0.568. The van der Waals surface area contributed by atoms with Crippen LogP contribution in [0.5, 0.6) is 0 Å². The molecule has 2 heteroatoms. The Morgan fingerprint density at radius 3 is 2.33 bits per heavy atom. The first-order chi connectivity index (χ1) is 5.46. The summed E-state index contributed by atoms with van der Waals surface area (Å²) in [4.78, 5) is 0. The average molecular weight is 169 g/mol. The van der Waals surface area contributed by atoms with Crippen LogP contribution in [0.2, 0.25) is 0 Å². The van der Waals surface area contributed by atoms with Gasteiger partial charge in [-0.1, -0.05) is 20.8 Å². The number of aliphatic hydroxyl groups excluding tert-OH is 1. The summed E-state index contributed by atoms with van der Waals surface area (Å²) in [6.07, 6.45) is 0.966. The van der Waals surface area contributed by atoms with Gasteiger partial charge >= 0.3 is 0 Å². The van der Waals surface area contributed by atoms with Gasteiger partial charge in [0.15, 0.2) is 0 Å². The zero-order chi connectivity index (χ0) is 9.09. The molecule has 3 aliphatic carbocycles. The van der Waals surface area contributed by atoms with Crippen LogP contribution in [0.4, 0.5) is 0 Å². The molecule has 3 aliphatic rings. The largest absolute Gasteiger partial charge is 0.391 e. The fraction of sp³-hybridized carbons (Fsp3) is 1.00. The molecule has 2 nitrogen and oxygen atoms in total. The van der Waals surface area contributed by atoms with Gasteiger partial charge in [0.1, 0.15) is 0 Å². The summed E-state index contributed by atoms with van der Waals surface area (Å²) in [5, 5.41) is 9.75. The van der Waals surface area contributed by atoms with Gasteiger partial charge in [0.2, 0.25) is 0 Å². The summed E-state index contributed by atoms with van der Waals surface area (Å²) in [6.45, 7) is 6.70. The smallest absolute Gasteiger partial charge is 0.0722 e. The first kappa shape index (κ1) is 8.52. The first-order valence-corrected chi connectivity index (χ1v) is 4.90. The molecular weight excluding hydrogens is 150 g/mol. The molecule has 0 aliphatic heterocycles. The van der Waals surface area contributed by atoms with E-state index >= 15 is 0 Å². The van der Waals surface area contributed by atoms with Crippen molar-refractivity contribution in [3.05, 3.63) is 0 Å². The molecular formula is C10H19NO. The molecule has 2 bridgehead atoms. The van der Waals surface area contributed by atoms with Crippen LogP contribution in [-0.2, 0) is 0 Å². The first-order valence-electron chi connectivity index (χ1n) is 4.90. The van der Waals surface area contributed by atoms with E-state index in [-0.39, 0.29) is 12.1 Å². The minimum absolute atomic E-state index is 0.0139. The molecule has 0 aromatic carbocycles. The van der Waals surface area contributed by atoms with Crippen molar-refractivity contribution in [2.24, 2.45) is 28.9 Å². The summed E-state index contributed by atoms with van der Waals surface area (Å²) in [6, 6.07) is 0.0139. The van der Waals surface area contributed by atoms with Gasteiger partial charge in [0, 0.05) is 6.04 Å². The summed E-state index contributed by atoms with van der Waals surface area (Å²) in [5.74, 6) is 1.63. The molecule has 3 saturated carbocycles. The highest BCUT2D eigenvalue weighted by atomic mass is 16.3. The minimum atomic E-state index is -0.262. The second-order valence-electron chi connectivity index (χ2n) is 5.20. The zero-order valence-corrected chi connectivity index (χ0v) is 8.12. The molecule has 70 valence electrons. The van der Waals surface area contributed by atoms with Crippen LogP contribution >= 0.6 is 0 Å². The second kappa shape index (κ2) is 2.24. The molecule has 0 aromatic rings. The van der Waals surface area contributed by atoms with E-state index in [1.165, 1.54) is 6.42 Å². The van der Waals surface area contributed by atoms with E-state index in [2.05, 4.69) is 20.8 Å². The van der Waals surface area contributed by atoms with E-state index < -0.39 is 0 Å². The Kier molecular flexibility index (Phi) is 1.59. The third-order valence-electron chi connectivity index (χ3n) is 4.45. The lowest BCUT2D eigenvalue weighted by Gasteiger charge is -2.63. The van der Waals surface area contributed by atoms with Crippen LogP contribution in [0.3, 0.4) is 0 Å². The summed E-state index contributed by atoms with van der Waals surface area (Å²) in [5.41, 5.74) is 6.35. The van der Waals surface area contributed by atoms with Crippen molar-refractivity contribution in [1.29, 1.82) is 0 Å². The van der Waals surface area contributed by atoms with E-state index in [9.17, 15) is 5.11 Å². The maximum absolute atomic E-state index is 9.75. The summed E-state index contributed by atoms with van der Waals surface area (Å²) < 4.78 is 0. The van der Waals surface area contributed by atoms with Crippen LogP contribution in [0, 0.1) is 23.2 Å². The van der Waals surface area contributed by atoms with Crippen molar-refractivity contribution in [3.8, 4) is 0 Å². The zero-order valence-electron chi connectivity index (χ0n) is 8.12. The molecule has 12 heavy (non-hydrogen) atoms. The molecule has 0 radical (unpaired) electrons. The van der Waals surface area contributed by atoms with Gasteiger partial charge in [0.05, 0.1) is 6.10 Å². The lowest BCUT2D eigenvalue weighted by Crippen LogP contribution is -2.67. The van der Waals surface area contributed by atoms with E-state index in [1.807, 2.05) is 0 Å². The van der Waals surface area contributed by atoms with Crippen molar-refractivity contribution >= 4 is 0 Å². The third kappa shape index (κ3) is 0.775. The maximum Gasteiger partial charge on any atom is 0.0722 e. The molecule has 3 N–H and O–H groups in total. The molecule has 0 amide bonds. The number of hydrogen-bond donors (Lipinski definition) is 2. The van der Waals surface area contributed by atoms with Crippen LogP contribution in [0.15, 0.2) is 0 Å². The van der Waals surface area contributed by atoms with E-state index in [0.717, 1.165) is 0 Å². The van der Waals surface area contributed by atoms with E-state index in [0.29, 0.717) is 23.2 Å². The van der Waals surface area contributed by atoms with Gasteiger partial charge in [-0.2, -0.15) is 0 Å². The fourth-order valence-corrected chi connectivity index (χ4v) is 3.37. The minimum Gasteiger partial charge on any atom is -0.391 e. The van der Waals surface area contributed by atoms with Crippen LogP contribution in [0.1, 0.15) is 27.2 Å². The Bertz CT molecular complexity index is 184. The van der Waals surface area contributed by atoms with Gasteiger partial charge < -0.3 is 10.8 Å². The molecule has 0 aromatic heterocycles. The average Bonchev–Trinajstić information content (AvgIpc) is 1.98. The number of rotatable bonds is 0. The Balaban J connectivity index is 2.24. The van der Waals surface area contributed by atoms with E-state index in [4.69, 9.17) is 5.73 Å². The topological polar surface area (TPSA) is 46.2 Å². The standard InChI is InChI=1S/C10H19NO/c1-5-6-4-7(10(6,2)3)8(11)9(5)12/h5-9,12H,4,11H2,1-3H3. The van der Waals surface area contributed by atoms with Gasteiger partial charge in [-0.25, -0.2) is 0 Å². The Morgan fingerprint density at radius 1 is 1.33 bits per heavy atom. The molecule has 5 unspecified atom stereocenters. The predicted octanol–water partition coefficient (Wildman–Crippen LogP) is 0.987. The molecule has 3 fully saturated rings. The SMILES string of the molecule is CC1C(O)C(N)C2CC1C2(C)C. The van der Waals surface area contributed by atoms with Crippen LogP contribution in [0.25, 0.3) is 0 Å². The van der Waals surface area contributed by atoms with Crippen molar-refractivity contribution in [2.45, 2.75) is 39.3 Å². The van der Waals surface area contributed by atoms with Crippen molar-refractivity contribution < 1.29 is 5.11 Å². The monoisotopic (exact) mass is 169 g/mol. The van der Waals surface area contributed by atoms with Crippen molar-refractivity contribution in [1.82, 2.24) is 0 Å². The molecule has 0 heterocycles. The molecule has 0 spiro atoms. The second-order valence-corrected chi connectivity index (χ2v) is 5.20. The summed E-state index contributed by atoms with van der Waals surface area (Å²) >= 11 is 0. The lowest BCUT2D eigenvalue weighted by molar-refractivity contribution is -0.167. The maximum atomic E-state index is 9.75. The normalized spacial score (nSPS) is 56.2. The van der Waals surface area contributed by atoms with Crippen molar-refractivity contribution in [2.75, 3.05) is 0 Å². The third-order valence-corrected chi connectivity index (χ3v) is 4.45. The Hall–Kier alpha value is -0.0800. The lowest BCUT2D eigenvalue weighted by atomic mass is 9.44. The fourth-order valence-electron chi connectivity index (χ4n) is 3.37.